The SMILES string of the molecule is CC(C)(C1CCC(c2ccc(O)cc2)(c2ccc(O)cc2)CC1)C1CCC(c2ccc(O)cc2)(c2ccc(O)cc2)CC1.CC(C)(c1ccc(O)cc1)c1cc(C(C)(C)c2ccc(O)cc2)cc(C(C)(C)c2ccc(O)cc2)c1.Oc1ccc(C2(c3ccc(O)cc3)CCC(C3CCC(c4ccc(O)cc4)(c4ccc(O)cc4)CC3)CC2)cc1.Oc1ccc(C2(c3ccc(O)cc3)c3ccccc3-c3ccccc32)cc1. The van der Waals surface area contributed by atoms with Crippen LogP contribution < -0.4 is 0 Å². The van der Waals surface area contributed by atoms with Gasteiger partial charge in [-0.2, -0.15) is 0 Å². The topological polar surface area (TPSA) is 263 Å². The van der Waals surface area contributed by atoms with Crippen molar-refractivity contribution in [1.82, 2.24) is 0 Å². The summed E-state index contributed by atoms with van der Waals surface area (Å²) in [7, 11) is 0. The summed E-state index contributed by atoms with van der Waals surface area (Å²) in [5, 5.41) is 129. The molecule has 0 unspecified atom stereocenters. The maximum absolute atomic E-state index is 9.99. The predicted molar refractivity (Wildman–Crippen MR) is 584 cm³/mol. The molecule has 0 spiro atoms. The van der Waals surface area contributed by atoms with Gasteiger partial charge in [0.2, 0.25) is 0 Å². The van der Waals surface area contributed by atoms with Gasteiger partial charge in [-0.3, -0.25) is 0 Å². The Hall–Kier alpha value is -15.1. The molecule has 0 atom stereocenters. The molecule has 0 saturated heterocycles. The molecule has 4 saturated carbocycles. The average molecular weight is 1940 g/mol. The van der Waals surface area contributed by atoms with E-state index in [2.05, 4.69) is 219 Å². The maximum atomic E-state index is 9.99. The van der Waals surface area contributed by atoms with Gasteiger partial charge in [0, 0.05) is 37.9 Å². The molecule has 0 radical (unpaired) electrons. The van der Waals surface area contributed by atoms with Crippen LogP contribution in [-0.2, 0) is 43.3 Å². The van der Waals surface area contributed by atoms with Crippen LogP contribution in [0, 0.1) is 29.1 Å². The van der Waals surface area contributed by atoms with E-state index in [0.717, 1.165) is 131 Å². The quantitative estimate of drug-likeness (QED) is 0.0360. The Bertz CT molecular complexity index is 6410. The number of fused-ring (bicyclic) bond motifs is 3. The Morgan fingerprint density at radius 2 is 0.336 bits per heavy atom. The zero-order valence-corrected chi connectivity index (χ0v) is 84.8. The van der Waals surface area contributed by atoms with Crippen molar-refractivity contribution < 1.29 is 66.4 Å². The van der Waals surface area contributed by atoms with Crippen LogP contribution in [0.15, 0.2) is 382 Å². The first-order valence-electron chi connectivity index (χ1n) is 51.7. The van der Waals surface area contributed by atoms with Gasteiger partial charge in [0.25, 0.3) is 0 Å². The third kappa shape index (κ3) is 20.0. The van der Waals surface area contributed by atoms with Crippen LogP contribution in [0.4, 0.5) is 0 Å². The lowest BCUT2D eigenvalue weighted by Gasteiger charge is -2.51. The Balaban J connectivity index is 0.000000129. The number of hydrogen-bond donors (Lipinski definition) is 13. The molecule has 4 fully saturated rings. The number of phenolic OH excluding ortho intramolecular Hbond substituents is 13. The number of hydrogen-bond acceptors (Lipinski definition) is 13. The molecule has 16 aromatic carbocycles. The fraction of sp³-hybridized carbons (Fsp3) is 0.278. The molecular weight excluding hydrogens is 1810 g/mol. The summed E-state index contributed by atoms with van der Waals surface area (Å²) in [4.78, 5) is 0. The lowest BCUT2D eigenvalue weighted by molar-refractivity contribution is 0.0364. The zero-order chi connectivity index (χ0) is 103. The number of aromatic hydroxyl groups is 13. The molecule has 0 amide bonds. The summed E-state index contributed by atoms with van der Waals surface area (Å²) in [6, 6.07) is 123. The average Bonchev–Trinajstić information content (AvgIpc) is 1.53. The van der Waals surface area contributed by atoms with E-state index < -0.39 is 5.41 Å². The molecule has 13 nitrogen and oxygen atoms in total. The standard InChI is InChI=1S/C39H44O4.C36H38O4.C33H36O3.C25H18O2/c1-37(2,27-19-23-38(24-20-27,29-3-11-33(40)12-4-29)30-5-13-34(41)14-6-30)28-21-25-39(26-22-28,31-7-15-35(42)16-8-31)32-9-17-36(43)18-10-32;37-31-9-1-27(2-10-31)35(28-3-11-32(38)12-4-28)21-17-25(18-22-35)26-19-23-36(24-20-26,29-5-13-33(39)14-6-29)30-7-15-34(40)16-8-30;1-31(2,22-7-13-28(34)14-8-22)25-19-26(32(3,4)23-9-15-29(35)16-10-23)21-27(20-25)33(5,6)24-11-17-30(36)18-12-24;26-19-13-9-17(10-14-19)25(18-11-15-20(27)16-12-18)23-7-3-1-5-21(23)22-6-2-4-8-24(22)25/h3-18,27-28,40-43H,19-26H2,1-2H3;1-16,25-26,37-40H,17-24H2;7-21,34-36H,1-6H3;1-16,26-27H. The van der Waals surface area contributed by atoms with Gasteiger partial charge in [-0.15, -0.1) is 0 Å². The second-order valence-electron chi connectivity index (χ2n) is 44.0. The highest BCUT2D eigenvalue weighted by Crippen LogP contribution is 2.61. The van der Waals surface area contributed by atoms with Gasteiger partial charge in [0.15, 0.2) is 0 Å². The number of phenols is 13. The number of rotatable bonds is 19. The molecule has 0 heterocycles. The molecule has 16 aromatic rings. The molecule has 746 valence electrons. The van der Waals surface area contributed by atoms with Gasteiger partial charge in [0.05, 0.1) is 5.41 Å². The van der Waals surface area contributed by atoms with Crippen LogP contribution in [0.5, 0.6) is 74.7 Å². The van der Waals surface area contributed by atoms with Crippen molar-refractivity contribution >= 4 is 0 Å². The summed E-state index contributed by atoms with van der Waals surface area (Å²) >= 11 is 0. The molecule has 13 heteroatoms. The normalized spacial score (nSPS) is 16.6. The Morgan fingerprint density at radius 1 is 0.178 bits per heavy atom. The first kappa shape index (κ1) is 101. The van der Waals surface area contributed by atoms with E-state index in [9.17, 15) is 66.4 Å². The minimum atomic E-state index is -0.491. The number of benzene rings is 16. The minimum Gasteiger partial charge on any atom is -0.508 e. The fourth-order valence-corrected chi connectivity index (χ4v) is 25.8. The van der Waals surface area contributed by atoms with Crippen LogP contribution in [0.3, 0.4) is 0 Å². The fourth-order valence-electron chi connectivity index (χ4n) is 25.8. The van der Waals surface area contributed by atoms with Crippen LogP contribution in [0.1, 0.15) is 258 Å². The molecule has 5 aliphatic carbocycles. The first-order valence-corrected chi connectivity index (χ1v) is 51.7. The first-order chi connectivity index (χ1) is 70.0. The van der Waals surface area contributed by atoms with E-state index in [0.29, 0.717) is 23.7 Å². The highest BCUT2D eigenvalue weighted by atomic mass is 16.3. The van der Waals surface area contributed by atoms with E-state index in [1.54, 1.807) is 158 Å². The Labute approximate surface area is 859 Å². The van der Waals surface area contributed by atoms with Gasteiger partial charge in [-0.1, -0.05) is 280 Å². The molecule has 0 aliphatic heterocycles. The molecule has 5 aliphatic rings. The van der Waals surface area contributed by atoms with E-state index in [4.69, 9.17) is 0 Å². The van der Waals surface area contributed by atoms with Crippen LogP contribution in [0.2, 0.25) is 0 Å². The highest BCUT2D eigenvalue weighted by Gasteiger charge is 2.51. The van der Waals surface area contributed by atoms with Gasteiger partial charge in [0.1, 0.15) is 74.7 Å². The largest absolute Gasteiger partial charge is 0.508 e. The van der Waals surface area contributed by atoms with Gasteiger partial charge in [-0.25, -0.2) is 0 Å². The zero-order valence-electron chi connectivity index (χ0n) is 84.8. The van der Waals surface area contributed by atoms with Crippen molar-refractivity contribution in [3.05, 3.63) is 482 Å². The van der Waals surface area contributed by atoms with E-state index in [-0.39, 0.29) is 118 Å². The lowest BCUT2D eigenvalue weighted by Crippen LogP contribution is -2.43. The van der Waals surface area contributed by atoms with Crippen molar-refractivity contribution in [2.45, 2.75) is 201 Å². The van der Waals surface area contributed by atoms with Crippen LogP contribution in [0.25, 0.3) is 11.1 Å². The molecule has 146 heavy (non-hydrogen) atoms. The van der Waals surface area contributed by atoms with Crippen molar-refractivity contribution in [3.63, 3.8) is 0 Å². The monoisotopic (exact) mass is 1940 g/mol. The Morgan fingerprint density at radius 3 is 0.521 bits per heavy atom. The van der Waals surface area contributed by atoms with Crippen molar-refractivity contribution in [2.75, 3.05) is 0 Å². The van der Waals surface area contributed by atoms with Crippen LogP contribution in [-0.4, -0.2) is 66.4 Å². The smallest absolute Gasteiger partial charge is 0.115 e. The summed E-state index contributed by atoms with van der Waals surface area (Å²) in [6.45, 7) is 18.3. The van der Waals surface area contributed by atoms with E-state index in [1.807, 2.05) is 60.7 Å². The second-order valence-corrected chi connectivity index (χ2v) is 44.0. The Kier molecular flexibility index (Phi) is 28.5. The van der Waals surface area contributed by atoms with Gasteiger partial charge < -0.3 is 66.4 Å². The van der Waals surface area contributed by atoms with Crippen LogP contribution >= 0.6 is 0 Å². The second kappa shape index (κ2) is 41.2. The summed E-state index contributed by atoms with van der Waals surface area (Å²) < 4.78 is 0. The van der Waals surface area contributed by atoms with Gasteiger partial charge in [-0.05, 0) is 401 Å². The molecule has 21 rings (SSSR count). The molecule has 0 bridgehead atoms. The van der Waals surface area contributed by atoms with Crippen molar-refractivity contribution in [2.24, 2.45) is 29.1 Å². The molecule has 13 N–H and O–H groups in total. The summed E-state index contributed by atoms with van der Waals surface area (Å²) in [5.41, 5.74) is 22.1. The minimum absolute atomic E-state index is 0.117. The van der Waals surface area contributed by atoms with E-state index in [1.165, 1.54) is 83.5 Å². The summed E-state index contributed by atoms with van der Waals surface area (Å²) in [6.07, 6.45) is 17.5. The predicted octanol–water partition coefficient (Wildman–Crippen LogP) is 30.6. The maximum Gasteiger partial charge on any atom is 0.115 e. The van der Waals surface area contributed by atoms with Crippen molar-refractivity contribution in [1.29, 1.82) is 0 Å². The van der Waals surface area contributed by atoms with Crippen molar-refractivity contribution in [3.8, 4) is 85.9 Å². The van der Waals surface area contributed by atoms with Gasteiger partial charge >= 0.3 is 0 Å². The third-order valence-electron chi connectivity index (χ3n) is 35.0. The lowest BCUT2D eigenvalue weighted by atomic mass is 9.53. The summed E-state index contributed by atoms with van der Waals surface area (Å²) in [5.74, 6) is 6.08. The molecule has 0 aromatic heterocycles. The molecular formula is C133H136O13. The van der Waals surface area contributed by atoms with E-state index >= 15 is 0 Å². The highest BCUT2D eigenvalue weighted by molar-refractivity contribution is 5.86. The third-order valence-corrected chi connectivity index (χ3v) is 35.0.